The van der Waals surface area contributed by atoms with Gasteiger partial charge in [-0.05, 0) is 0 Å². The molecule has 0 saturated heterocycles. The number of aliphatic hydroxyl groups is 1. The van der Waals surface area contributed by atoms with Crippen molar-refractivity contribution in [3.63, 3.8) is 0 Å². The van der Waals surface area contributed by atoms with E-state index >= 15 is 0 Å². The summed E-state index contributed by atoms with van der Waals surface area (Å²) >= 11 is -1.58. The second-order valence-corrected chi connectivity index (χ2v) is 19.1. The first kappa shape index (κ1) is 38.0. The van der Waals surface area contributed by atoms with Gasteiger partial charge in [-0.2, -0.15) is 0 Å². The summed E-state index contributed by atoms with van der Waals surface area (Å²) in [6, 6.07) is 4.48. The average Bonchev–Trinajstić information content (AvgIpc) is 2.97. The molecule has 0 bridgehead atoms. The van der Waals surface area contributed by atoms with Gasteiger partial charge in [-0.25, -0.2) is 0 Å². The summed E-state index contributed by atoms with van der Waals surface area (Å²) in [6.07, 6.45) is 19.3. The fourth-order valence-electron chi connectivity index (χ4n) is 5.46. The van der Waals surface area contributed by atoms with Gasteiger partial charge in [-0.15, -0.1) is 0 Å². The van der Waals surface area contributed by atoms with Crippen LogP contribution >= 0.6 is 19.8 Å². The van der Waals surface area contributed by atoms with Gasteiger partial charge in [0.25, 0.3) is 0 Å². The number of hydrogen-bond donors (Lipinski definition) is 2. The normalized spacial score (nSPS) is 14.3. The van der Waals surface area contributed by atoms with Crippen LogP contribution < -0.4 is 0 Å². The number of halogens is 1. The molecule has 0 aliphatic heterocycles. The zero-order chi connectivity index (χ0) is 31.1. The first-order chi connectivity index (χ1) is 19.5. The third kappa shape index (κ3) is 11.9. The van der Waals surface area contributed by atoms with Crippen LogP contribution in [0.3, 0.4) is 0 Å². The van der Waals surface area contributed by atoms with E-state index in [9.17, 15) is 10.2 Å². The molecule has 3 heteroatoms. The van der Waals surface area contributed by atoms with Gasteiger partial charge < -0.3 is 0 Å². The fraction of sp³-hybridized carbons (Fsp3) is 0.684. The van der Waals surface area contributed by atoms with Crippen LogP contribution in [0.5, 0.6) is 5.75 Å². The SMILES string of the molecule is C=CCCC(CC)I(C/C=C(\C=C(/C)CCCC)C(C)(CC)CC)Cc1cc(CCCO)cc(C(C)(C)CC)c1O. The van der Waals surface area contributed by atoms with Gasteiger partial charge in [-0.1, -0.05) is 0 Å². The number of aryl methyl sites for hydroxylation is 1. The van der Waals surface area contributed by atoms with Crippen LogP contribution in [0.25, 0.3) is 0 Å². The molecule has 1 rings (SSSR count). The number of allylic oxidation sites excluding steroid dienone is 5. The zero-order valence-corrected chi connectivity index (χ0v) is 30.5. The van der Waals surface area contributed by atoms with E-state index in [1.807, 2.05) is 0 Å². The Morgan fingerprint density at radius 3 is 2.24 bits per heavy atom. The summed E-state index contributed by atoms with van der Waals surface area (Å²) in [7, 11) is 0. The molecule has 0 heterocycles. The Bertz CT molecular complexity index is 967. The van der Waals surface area contributed by atoms with Crippen molar-refractivity contribution in [2.75, 3.05) is 11.0 Å². The zero-order valence-electron chi connectivity index (χ0n) is 28.3. The van der Waals surface area contributed by atoms with E-state index in [0.717, 1.165) is 58.0 Å². The van der Waals surface area contributed by atoms with Crippen molar-refractivity contribution < 1.29 is 10.2 Å². The van der Waals surface area contributed by atoms with Crippen molar-refractivity contribution in [2.45, 2.75) is 147 Å². The summed E-state index contributed by atoms with van der Waals surface area (Å²) in [6.45, 7) is 25.0. The molecule has 41 heavy (non-hydrogen) atoms. The van der Waals surface area contributed by atoms with Crippen molar-refractivity contribution in [1.82, 2.24) is 0 Å². The van der Waals surface area contributed by atoms with Gasteiger partial charge in [0.2, 0.25) is 0 Å². The van der Waals surface area contributed by atoms with Gasteiger partial charge in [0.05, 0.1) is 0 Å². The second kappa shape index (κ2) is 19.3. The monoisotopic (exact) mass is 680 g/mol. The predicted octanol–water partition coefficient (Wildman–Crippen LogP) is 11.6. The van der Waals surface area contributed by atoms with Crippen LogP contribution in [0.15, 0.2) is 48.1 Å². The minimum atomic E-state index is -1.58. The third-order valence-corrected chi connectivity index (χ3v) is 16.8. The average molecular weight is 681 g/mol. The quantitative estimate of drug-likeness (QED) is 0.0587. The van der Waals surface area contributed by atoms with Crippen molar-refractivity contribution in [3.8, 4) is 5.75 Å². The van der Waals surface area contributed by atoms with E-state index in [4.69, 9.17) is 0 Å². The third-order valence-electron chi connectivity index (χ3n) is 9.44. The molecule has 0 aliphatic carbocycles. The molecular weight excluding hydrogens is 615 g/mol. The van der Waals surface area contributed by atoms with Gasteiger partial charge >= 0.3 is 264 Å². The minimum absolute atomic E-state index is 0.0853. The molecule has 0 saturated carbocycles. The van der Waals surface area contributed by atoms with E-state index in [-0.39, 0.29) is 17.4 Å². The molecule has 0 amide bonds. The van der Waals surface area contributed by atoms with E-state index in [2.05, 4.69) is 99.3 Å². The summed E-state index contributed by atoms with van der Waals surface area (Å²) in [5.41, 5.74) is 6.64. The van der Waals surface area contributed by atoms with Crippen molar-refractivity contribution in [2.24, 2.45) is 5.41 Å². The molecule has 0 aliphatic rings. The van der Waals surface area contributed by atoms with Gasteiger partial charge in [-0.3, -0.25) is 0 Å². The number of aromatic hydroxyl groups is 1. The molecule has 1 aromatic rings. The Labute approximate surface area is 262 Å². The molecular formula is C38H65IO2. The number of hydrogen-bond acceptors (Lipinski definition) is 2. The van der Waals surface area contributed by atoms with Crippen LogP contribution in [-0.4, -0.2) is 25.2 Å². The first-order valence-corrected chi connectivity index (χ1v) is 20.8. The molecule has 1 unspecified atom stereocenters. The Balaban J connectivity index is 3.67. The summed E-state index contributed by atoms with van der Waals surface area (Å²) < 4.78 is 2.93. The standard InChI is InChI=1S/C38H65IO2/c1-11-17-20-30(7)26-33(38(10,15-5)16-6)23-24-39(34(13-3)22-18-12-2)29-32-27-31(21-19-25-40)28-35(36(32)41)37(8,9)14-4/h12,23,26-28,34,40-41H,2,11,13-22,24-25,29H2,1,3-10H3/b30-26+,33-23+. The van der Waals surface area contributed by atoms with Crippen LogP contribution in [0.4, 0.5) is 0 Å². The number of alkyl halides is 3. The number of phenolic OH excluding ortho intramolecular Hbond substituents is 1. The Kier molecular flexibility index (Phi) is 17.8. The van der Waals surface area contributed by atoms with Crippen molar-refractivity contribution in [1.29, 1.82) is 0 Å². The molecule has 2 nitrogen and oxygen atoms in total. The predicted molar refractivity (Wildman–Crippen MR) is 193 cm³/mol. The summed E-state index contributed by atoms with van der Waals surface area (Å²) in [4.78, 5) is 0. The fourth-order valence-corrected chi connectivity index (χ4v) is 12.3. The number of unbranched alkanes of at least 4 members (excludes halogenated alkanes) is 1. The first-order valence-electron chi connectivity index (χ1n) is 16.5. The van der Waals surface area contributed by atoms with Crippen LogP contribution in [0.2, 0.25) is 0 Å². The van der Waals surface area contributed by atoms with Crippen LogP contribution in [-0.2, 0) is 16.3 Å². The van der Waals surface area contributed by atoms with E-state index in [1.165, 1.54) is 53.2 Å². The Hall–Kier alpha value is -1.07. The summed E-state index contributed by atoms with van der Waals surface area (Å²) in [5, 5.41) is 21.2. The number of phenols is 1. The molecule has 2 N–H and O–H groups in total. The summed E-state index contributed by atoms with van der Waals surface area (Å²) in [5.74, 6) is 0.525. The number of rotatable bonds is 21. The van der Waals surface area contributed by atoms with Crippen molar-refractivity contribution in [3.05, 3.63) is 64.8 Å². The van der Waals surface area contributed by atoms with Gasteiger partial charge in [0, 0.05) is 0 Å². The van der Waals surface area contributed by atoms with E-state index in [0.29, 0.717) is 5.75 Å². The maximum absolute atomic E-state index is 11.7. The Morgan fingerprint density at radius 1 is 1.02 bits per heavy atom. The topological polar surface area (TPSA) is 40.5 Å². The molecule has 0 aromatic heterocycles. The molecule has 0 spiro atoms. The molecule has 1 aromatic carbocycles. The van der Waals surface area contributed by atoms with Gasteiger partial charge in [0.1, 0.15) is 0 Å². The van der Waals surface area contributed by atoms with E-state index < -0.39 is 19.8 Å². The van der Waals surface area contributed by atoms with Gasteiger partial charge in [0.15, 0.2) is 0 Å². The molecule has 0 radical (unpaired) electrons. The van der Waals surface area contributed by atoms with E-state index in [1.54, 1.807) is 0 Å². The molecule has 0 fully saturated rings. The maximum atomic E-state index is 11.7. The van der Waals surface area contributed by atoms with Crippen molar-refractivity contribution >= 4 is 19.8 Å². The number of aliphatic hydroxyl groups excluding tert-OH is 1. The number of benzene rings is 1. The molecule has 236 valence electrons. The molecule has 1 atom stereocenters. The second-order valence-electron chi connectivity index (χ2n) is 12.9. The Morgan fingerprint density at radius 2 is 1.71 bits per heavy atom. The van der Waals surface area contributed by atoms with Crippen LogP contribution in [0.1, 0.15) is 143 Å². The van der Waals surface area contributed by atoms with Crippen LogP contribution in [0, 0.1) is 5.41 Å².